The first-order valence-electron chi connectivity index (χ1n) is 9.19. The zero-order valence-corrected chi connectivity index (χ0v) is 16.0. The Morgan fingerprint density at radius 2 is 1.41 bits per heavy atom. The minimum absolute atomic E-state index is 0.143. The van der Waals surface area contributed by atoms with Gasteiger partial charge in [-0.2, -0.15) is 0 Å². The molecule has 1 amide bonds. The summed E-state index contributed by atoms with van der Waals surface area (Å²) in [7, 11) is 0. The van der Waals surface area contributed by atoms with E-state index in [2.05, 4.69) is 24.4 Å². The number of nitrogens with one attached hydrogen (secondary N) is 1. The van der Waals surface area contributed by atoms with Gasteiger partial charge in [-0.3, -0.25) is 4.79 Å². The van der Waals surface area contributed by atoms with Crippen LogP contribution < -0.4 is 10.1 Å². The summed E-state index contributed by atoms with van der Waals surface area (Å²) in [6.07, 6.45) is -0.596. The lowest BCUT2D eigenvalue weighted by Gasteiger charge is -2.24. The van der Waals surface area contributed by atoms with Gasteiger partial charge in [-0.05, 0) is 49.1 Å². The second-order valence-electron chi connectivity index (χ2n) is 6.73. The molecule has 138 valence electrons. The van der Waals surface area contributed by atoms with Crippen molar-refractivity contribution in [3.05, 3.63) is 101 Å². The minimum atomic E-state index is -0.596. The first-order valence-corrected chi connectivity index (χ1v) is 9.19. The fourth-order valence-electron chi connectivity index (χ4n) is 3.09. The van der Waals surface area contributed by atoms with E-state index in [1.807, 2.05) is 73.7 Å². The predicted molar refractivity (Wildman–Crippen MR) is 109 cm³/mol. The number of hydrogen-bond donors (Lipinski definition) is 1. The zero-order chi connectivity index (χ0) is 19.2. The van der Waals surface area contributed by atoms with Crippen molar-refractivity contribution in [2.24, 2.45) is 0 Å². The Morgan fingerprint density at radius 3 is 2.07 bits per heavy atom. The van der Waals surface area contributed by atoms with Gasteiger partial charge < -0.3 is 10.1 Å². The number of rotatable bonds is 6. The van der Waals surface area contributed by atoms with Gasteiger partial charge in [0.1, 0.15) is 5.75 Å². The van der Waals surface area contributed by atoms with Crippen molar-refractivity contribution in [1.82, 2.24) is 5.32 Å². The summed E-state index contributed by atoms with van der Waals surface area (Å²) in [5.74, 6) is 0.586. The smallest absolute Gasteiger partial charge is 0.261 e. The lowest BCUT2D eigenvalue weighted by Crippen LogP contribution is -2.39. The average molecular weight is 359 g/mol. The summed E-state index contributed by atoms with van der Waals surface area (Å²) >= 11 is 0. The van der Waals surface area contributed by atoms with Gasteiger partial charge >= 0.3 is 0 Å². The highest BCUT2D eigenvalue weighted by atomic mass is 16.5. The number of ether oxygens (including phenoxy) is 1. The number of carbonyl (C=O) groups excluding carboxylic acids is 1. The van der Waals surface area contributed by atoms with Gasteiger partial charge in [-0.25, -0.2) is 0 Å². The molecule has 3 rings (SSSR count). The van der Waals surface area contributed by atoms with Crippen molar-refractivity contribution in [3.8, 4) is 5.75 Å². The van der Waals surface area contributed by atoms with Gasteiger partial charge in [0.25, 0.3) is 5.91 Å². The molecule has 0 saturated carbocycles. The van der Waals surface area contributed by atoms with E-state index in [0.717, 1.165) is 28.0 Å². The molecule has 0 radical (unpaired) electrons. The summed E-state index contributed by atoms with van der Waals surface area (Å²) in [5, 5.41) is 3.17. The molecule has 2 atom stereocenters. The van der Waals surface area contributed by atoms with Crippen LogP contribution in [0.1, 0.15) is 35.2 Å². The standard InChI is InChI=1S/C24H25NO2/c1-17-11-7-9-15-21(17)23(20-13-5-4-6-14-20)25-24(26)19(3)27-22-16-10-8-12-18(22)2/h4-16,19,23H,1-3H3,(H,25,26)/t19-,23-/m0/s1. The number of carbonyl (C=O) groups is 1. The molecule has 0 unspecified atom stereocenters. The van der Waals surface area contributed by atoms with Gasteiger partial charge in [0, 0.05) is 0 Å². The molecular formula is C24H25NO2. The Morgan fingerprint density at radius 1 is 0.815 bits per heavy atom. The molecule has 0 saturated heterocycles. The molecule has 3 aromatic rings. The summed E-state index contributed by atoms with van der Waals surface area (Å²) in [6, 6.07) is 25.6. The Bertz CT molecular complexity index is 905. The van der Waals surface area contributed by atoms with E-state index in [1.54, 1.807) is 6.92 Å². The van der Waals surface area contributed by atoms with Gasteiger partial charge in [-0.15, -0.1) is 0 Å². The Kier molecular flexibility index (Phi) is 5.92. The lowest BCUT2D eigenvalue weighted by molar-refractivity contribution is -0.127. The molecule has 3 aromatic carbocycles. The Hall–Kier alpha value is -3.07. The number of aryl methyl sites for hydroxylation is 2. The van der Waals surface area contributed by atoms with Gasteiger partial charge in [0.2, 0.25) is 0 Å². The van der Waals surface area contributed by atoms with Crippen LogP contribution in [0.4, 0.5) is 0 Å². The highest BCUT2D eigenvalue weighted by Gasteiger charge is 2.23. The van der Waals surface area contributed by atoms with Crippen LogP contribution in [0.3, 0.4) is 0 Å². The molecule has 0 aromatic heterocycles. The van der Waals surface area contributed by atoms with E-state index in [-0.39, 0.29) is 11.9 Å². The normalized spacial score (nSPS) is 12.9. The molecule has 0 aliphatic carbocycles. The SMILES string of the molecule is Cc1ccccc1O[C@@H](C)C(=O)N[C@@H](c1ccccc1)c1ccccc1C. The largest absolute Gasteiger partial charge is 0.481 e. The summed E-state index contributed by atoms with van der Waals surface area (Å²) in [4.78, 5) is 12.9. The van der Waals surface area contributed by atoms with Crippen LogP contribution in [-0.4, -0.2) is 12.0 Å². The third-order valence-corrected chi connectivity index (χ3v) is 4.69. The van der Waals surface area contributed by atoms with Crippen LogP contribution in [0.25, 0.3) is 0 Å². The summed E-state index contributed by atoms with van der Waals surface area (Å²) in [5.41, 5.74) is 4.28. The fraction of sp³-hybridized carbons (Fsp3) is 0.208. The van der Waals surface area contributed by atoms with Crippen molar-refractivity contribution in [3.63, 3.8) is 0 Å². The van der Waals surface area contributed by atoms with Crippen molar-refractivity contribution in [2.75, 3.05) is 0 Å². The third kappa shape index (κ3) is 4.56. The van der Waals surface area contributed by atoms with Gasteiger partial charge in [-0.1, -0.05) is 72.8 Å². The van der Waals surface area contributed by atoms with E-state index >= 15 is 0 Å². The van der Waals surface area contributed by atoms with E-state index in [1.165, 1.54) is 0 Å². The van der Waals surface area contributed by atoms with Crippen molar-refractivity contribution in [2.45, 2.75) is 32.9 Å². The second-order valence-corrected chi connectivity index (χ2v) is 6.73. The van der Waals surface area contributed by atoms with Crippen LogP contribution in [0.15, 0.2) is 78.9 Å². The van der Waals surface area contributed by atoms with Crippen LogP contribution in [-0.2, 0) is 4.79 Å². The topological polar surface area (TPSA) is 38.3 Å². The maximum absolute atomic E-state index is 12.9. The van der Waals surface area contributed by atoms with Crippen LogP contribution in [0.2, 0.25) is 0 Å². The van der Waals surface area contributed by atoms with Crippen LogP contribution >= 0.6 is 0 Å². The molecule has 0 aliphatic heterocycles. The molecule has 3 heteroatoms. The monoisotopic (exact) mass is 359 g/mol. The van der Waals surface area contributed by atoms with E-state index in [0.29, 0.717) is 0 Å². The van der Waals surface area contributed by atoms with Gasteiger partial charge in [0.05, 0.1) is 6.04 Å². The molecule has 0 spiro atoms. The summed E-state index contributed by atoms with van der Waals surface area (Å²) in [6.45, 7) is 5.81. The molecule has 0 aliphatic rings. The van der Waals surface area contributed by atoms with Crippen molar-refractivity contribution in [1.29, 1.82) is 0 Å². The van der Waals surface area contributed by atoms with E-state index in [9.17, 15) is 4.79 Å². The van der Waals surface area contributed by atoms with Crippen LogP contribution in [0.5, 0.6) is 5.75 Å². The molecule has 1 N–H and O–H groups in total. The van der Waals surface area contributed by atoms with E-state index in [4.69, 9.17) is 4.74 Å². The quantitative estimate of drug-likeness (QED) is 0.674. The predicted octanol–water partition coefficient (Wildman–Crippen LogP) is 4.98. The molecule has 27 heavy (non-hydrogen) atoms. The highest BCUT2D eigenvalue weighted by molar-refractivity contribution is 5.81. The molecule has 0 fully saturated rings. The molecule has 0 bridgehead atoms. The van der Waals surface area contributed by atoms with Crippen LogP contribution in [0, 0.1) is 13.8 Å². The molecule has 3 nitrogen and oxygen atoms in total. The van der Waals surface area contributed by atoms with Gasteiger partial charge in [0.15, 0.2) is 6.10 Å². The summed E-state index contributed by atoms with van der Waals surface area (Å²) < 4.78 is 5.90. The maximum Gasteiger partial charge on any atom is 0.261 e. The number of para-hydroxylation sites is 1. The number of hydrogen-bond acceptors (Lipinski definition) is 2. The third-order valence-electron chi connectivity index (χ3n) is 4.69. The molecule has 0 heterocycles. The average Bonchev–Trinajstić information content (AvgIpc) is 2.69. The number of benzene rings is 3. The first-order chi connectivity index (χ1) is 13.1. The highest BCUT2D eigenvalue weighted by Crippen LogP contribution is 2.25. The van der Waals surface area contributed by atoms with Crippen molar-refractivity contribution < 1.29 is 9.53 Å². The van der Waals surface area contributed by atoms with E-state index < -0.39 is 6.10 Å². The fourth-order valence-corrected chi connectivity index (χ4v) is 3.09. The van der Waals surface area contributed by atoms with Crippen molar-refractivity contribution >= 4 is 5.91 Å². The molecular weight excluding hydrogens is 334 g/mol. The Labute approximate surface area is 161 Å². The maximum atomic E-state index is 12.9. The number of amides is 1. The first kappa shape index (κ1) is 18.7. The lowest BCUT2D eigenvalue weighted by atomic mass is 9.95. The minimum Gasteiger partial charge on any atom is -0.481 e. The second kappa shape index (κ2) is 8.54. The zero-order valence-electron chi connectivity index (χ0n) is 16.0. The Balaban J connectivity index is 1.83.